The van der Waals surface area contributed by atoms with Gasteiger partial charge in [-0.15, -0.1) is 0 Å². The van der Waals surface area contributed by atoms with Crippen LogP contribution in [0.25, 0.3) is 0 Å². The van der Waals surface area contributed by atoms with Crippen molar-refractivity contribution in [2.75, 3.05) is 18.1 Å². The van der Waals surface area contributed by atoms with Gasteiger partial charge >= 0.3 is 5.97 Å². The standard InChI is InChI=1S/C16H16N2O3/c1-17-9-4-7-14(17)16(20)21-11-15(19)18-10-8-12-5-2-3-6-13(12)18/h2-7,9H,8,10-11H2,1H3. The summed E-state index contributed by atoms with van der Waals surface area (Å²) in [7, 11) is 1.76. The number of amides is 1. The highest BCUT2D eigenvalue weighted by molar-refractivity contribution is 5.98. The maximum atomic E-state index is 12.2. The first kappa shape index (κ1) is 13.4. The van der Waals surface area contributed by atoms with E-state index in [0.29, 0.717) is 12.2 Å². The molecular formula is C16H16N2O3. The van der Waals surface area contributed by atoms with Crippen LogP contribution in [-0.4, -0.2) is 29.6 Å². The first-order valence-corrected chi connectivity index (χ1v) is 6.83. The van der Waals surface area contributed by atoms with Crippen molar-refractivity contribution in [1.29, 1.82) is 0 Å². The third-order valence-corrected chi connectivity index (χ3v) is 3.67. The lowest BCUT2D eigenvalue weighted by Crippen LogP contribution is -2.33. The number of fused-ring (bicyclic) bond motifs is 1. The zero-order valence-electron chi connectivity index (χ0n) is 11.8. The van der Waals surface area contributed by atoms with E-state index in [4.69, 9.17) is 4.74 Å². The summed E-state index contributed by atoms with van der Waals surface area (Å²) in [6, 6.07) is 11.2. The number of anilines is 1. The van der Waals surface area contributed by atoms with E-state index >= 15 is 0 Å². The van der Waals surface area contributed by atoms with E-state index in [9.17, 15) is 9.59 Å². The summed E-state index contributed by atoms with van der Waals surface area (Å²) in [4.78, 5) is 25.8. The van der Waals surface area contributed by atoms with Gasteiger partial charge in [-0.3, -0.25) is 4.79 Å². The van der Waals surface area contributed by atoms with Gasteiger partial charge in [-0.1, -0.05) is 18.2 Å². The normalized spacial score (nSPS) is 13.1. The van der Waals surface area contributed by atoms with Crippen LogP contribution in [0, 0.1) is 0 Å². The number of aryl methyl sites for hydroxylation is 1. The highest BCUT2D eigenvalue weighted by atomic mass is 16.5. The summed E-state index contributed by atoms with van der Waals surface area (Å²) in [5.41, 5.74) is 2.50. The Hall–Kier alpha value is -2.56. The van der Waals surface area contributed by atoms with Gasteiger partial charge in [-0.05, 0) is 30.2 Å². The molecule has 1 amide bonds. The number of rotatable bonds is 3. The number of carbonyl (C=O) groups is 2. The van der Waals surface area contributed by atoms with Crippen LogP contribution in [0.2, 0.25) is 0 Å². The molecule has 1 aliphatic heterocycles. The van der Waals surface area contributed by atoms with Crippen LogP contribution >= 0.6 is 0 Å². The molecule has 1 aromatic carbocycles. The lowest BCUT2D eigenvalue weighted by Gasteiger charge is -2.17. The lowest BCUT2D eigenvalue weighted by atomic mass is 10.2. The molecule has 0 unspecified atom stereocenters. The molecule has 21 heavy (non-hydrogen) atoms. The average Bonchev–Trinajstić information content (AvgIpc) is 3.10. The highest BCUT2D eigenvalue weighted by Crippen LogP contribution is 2.27. The number of carbonyl (C=O) groups excluding carboxylic acids is 2. The molecule has 0 saturated carbocycles. The van der Waals surface area contributed by atoms with Gasteiger partial charge in [0, 0.05) is 25.5 Å². The first-order valence-electron chi connectivity index (χ1n) is 6.83. The van der Waals surface area contributed by atoms with E-state index < -0.39 is 5.97 Å². The summed E-state index contributed by atoms with van der Waals surface area (Å²) >= 11 is 0. The third kappa shape index (κ3) is 2.54. The van der Waals surface area contributed by atoms with Crippen molar-refractivity contribution < 1.29 is 14.3 Å². The minimum Gasteiger partial charge on any atom is -0.451 e. The predicted molar refractivity (Wildman–Crippen MR) is 78.2 cm³/mol. The van der Waals surface area contributed by atoms with Crippen molar-refractivity contribution in [1.82, 2.24) is 4.57 Å². The molecular weight excluding hydrogens is 268 g/mol. The molecule has 0 N–H and O–H groups in total. The number of hydrogen-bond donors (Lipinski definition) is 0. The van der Waals surface area contributed by atoms with Crippen LogP contribution < -0.4 is 4.90 Å². The summed E-state index contributed by atoms with van der Waals surface area (Å²) in [5, 5.41) is 0. The topological polar surface area (TPSA) is 51.5 Å². The molecule has 0 fully saturated rings. The van der Waals surface area contributed by atoms with Crippen molar-refractivity contribution in [2.24, 2.45) is 7.05 Å². The van der Waals surface area contributed by atoms with E-state index in [1.807, 2.05) is 24.3 Å². The zero-order valence-corrected chi connectivity index (χ0v) is 11.8. The maximum absolute atomic E-state index is 12.2. The van der Waals surface area contributed by atoms with Gasteiger partial charge in [-0.2, -0.15) is 0 Å². The number of benzene rings is 1. The predicted octanol–water partition coefficient (Wildman–Crippen LogP) is 1.77. The van der Waals surface area contributed by atoms with Gasteiger partial charge in [0.05, 0.1) is 0 Å². The minimum absolute atomic E-state index is 0.192. The SMILES string of the molecule is Cn1cccc1C(=O)OCC(=O)N1CCc2ccccc21. The van der Waals surface area contributed by atoms with Crippen molar-refractivity contribution in [3.8, 4) is 0 Å². The Morgan fingerprint density at radius 1 is 1.19 bits per heavy atom. The molecule has 0 spiro atoms. The molecule has 3 rings (SSSR count). The van der Waals surface area contributed by atoms with E-state index in [1.54, 1.807) is 34.8 Å². The molecule has 5 heteroatoms. The molecule has 1 aromatic heterocycles. The zero-order chi connectivity index (χ0) is 14.8. The summed E-state index contributed by atoms with van der Waals surface area (Å²) in [5.74, 6) is -0.675. The number of aromatic nitrogens is 1. The summed E-state index contributed by atoms with van der Waals surface area (Å²) < 4.78 is 6.77. The summed E-state index contributed by atoms with van der Waals surface area (Å²) in [6.07, 6.45) is 2.60. The van der Waals surface area contributed by atoms with Crippen molar-refractivity contribution >= 4 is 17.6 Å². The van der Waals surface area contributed by atoms with Crippen molar-refractivity contribution in [3.63, 3.8) is 0 Å². The van der Waals surface area contributed by atoms with Crippen LogP contribution in [0.5, 0.6) is 0 Å². The Kier molecular flexibility index (Phi) is 3.48. The Labute approximate surface area is 122 Å². The monoisotopic (exact) mass is 284 g/mol. The lowest BCUT2D eigenvalue weighted by molar-refractivity contribution is -0.121. The molecule has 0 atom stereocenters. The van der Waals surface area contributed by atoms with E-state index in [1.165, 1.54) is 0 Å². The smallest absolute Gasteiger partial charge is 0.355 e. The van der Waals surface area contributed by atoms with Crippen LogP contribution in [0.3, 0.4) is 0 Å². The number of nitrogens with zero attached hydrogens (tertiary/aromatic N) is 2. The van der Waals surface area contributed by atoms with Crippen LogP contribution in [0.15, 0.2) is 42.6 Å². The van der Waals surface area contributed by atoms with Crippen molar-refractivity contribution in [2.45, 2.75) is 6.42 Å². The molecule has 5 nitrogen and oxygen atoms in total. The number of esters is 1. The fourth-order valence-corrected chi connectivity index (χ4v) is 2.55. The summed E-state index contributed by atoms with van der Waals surface area (Å²) in [6.45, 7) is 0.401. The van der Waals surface area contributed by atoms with Crippen LogP contribution in [0.4, 0.5) is 5.69 Å². The van der Waals surface area contributed by atoms with E-state index in [0.717, 1.165) is 17.7 Å². The van der Waals surface area contributed by atoms with Crippen molar-refractivity contribution in [3.05, 3.63) is 53.9 Å². The number of ether oxygens (including phenoxy) is 1. The molecule has 0 bridgehead atoms. The van der Waals surface area contributed by atoms with Gasteiger partial charge < -0.3 is 14.2 Å². The minimum atomic E-state index is -0.483. The number of para-hydroxylation sites is 1. The maximum Gasteiger partial charge on any atom is 0.355 e. The quantitative estimate of drug-likeness (QED) is 0.807. The fourth-order valence-electron chi connectivity index (χ4n) is 2.55. The fraction of sp³-hybridized carbons (Fsp3) is 0.250. The van der Waals surface area contributed by atoms with Gasteiger partial charge in [0.2, 0.25) is 0 Å². The van der Waals surface area contributed by atoms with Gasteiger partial charge in [0.25, 0.3) is 5.91 Å². The second-order valence-corrected chi connectivity index (χ2v) is 5.00. The Morgan fingerprint density at radius 2 is 2.00 bits per heavy atom. The van der Waals surface area contributed by atoms with Gasteiger partial charge in [-0.25, -0.2) is 4.79 Å². The average molecular weight is 284 g/mol. The molecule has 0 aliphatic carbocycles. The van der Waals surface area contributed by atoms with Gasteiger partial charge in [0.15, 0.2) is 6.61 Å². The van der Waals surface area contributed by atoms with E-state index in [2.05, 4.69) is 0 Å². The van der Waals surface area contributed by atoms with Crippen LogP contribution in [0.1, 0.15) is 16.1 Å². The van der Waals surface area contributed by atoms with E-state index in [-0.39, 0.29) is 12.5 Å². The number of hydrogen-bond acceptors (Lipinski definition) is 3. The second-order valence-electron chi connectivity index (χ2n) is 5.00. The Morgan fingerprint density at radius 3 is 2.76 bits per heavy atom. The Bertz CT molecular complexity index is 690. The van der Waals surface area contributed by atoms with Gasteiger partial charge in [0.1, 0.15) is 5.69 Å². The molecule has 0 radical (unpaired) electrons. The highest BCUT2D eigenvalue weighted by Gasteiger charge is 2.25. The second kappa shape index (κ2) is 5.44. The molecule has 2 heterocycles. The largest absolute Gasteiger partial charge is 0.451 e. The Balaban J connectivity index is 1.63. The molecule has 108 valence electrons. The van der Waals surface area contributed by atoms with Crippen LogP contribution in [-0.2, 0) is 23.0 Å². The first-order chi connectivity index (χ1) is 10.2. The molecule has 2 aromatic rings. The molecule has 0 saturated heterocycles. The third-order valence-electron chi connectivity index (χ3n) is 3.67. The molecule has 1 aliphatic rings.